The molecule has 3 rings (SSSR count). The van der Waals surface area contributed by atoms with Gasteiger partial charge in [-0.15, -0.1) is 0 Å². The maximum atomic E-state index is 12.0. The number of aromatic nitrogens is 3. The number of ether oxygens (including phenoxy) is 2. The van der Waals surface area contributed by atoms with Crippen LogP contribution < -0.4 is 15.4 Å². The van der Waals surface area contributed by atoms with Crippen LogP contribution in [0, 0.1) is 0 Å². The van der Waals surface area contributed by atoms with E-state index >= 15 is 0 Å². The van der Waals surface area contributed by atoms with Crippen LogP contribution in [0.1, 0.15) is 20.8 Å². The number of esters is 1. The fraction of sp³-hybridized carbons (Fsp3) is 0.300. The number of hydrogen-bond donors (Lipinski definition) is 2. The molecule has 0 unspecified atom stereocenters. The van der Waals surface area contributed by atoms with E-state index in [9.17, 15) is 9.59 Å². The first kappa shape index (κ1) is 20.1. The predicted octanol–water partition coefficient (Wildman–Crippen LogP) is 2.87. The van der Waals surface area contributed by atoms with Crippen molar-refractivity contribution < 1.29 is 19.1 Å². The molecular formula is C20H23N5O4. The number of anilines is 1. The van der Waals surface area contributed by atoms with Crippen LogP contribution in [0.5, 0.6) is 5.75 Å². The van der Waals surface area contributed by atoms with E-state index in [0.29, 0.717) is 11.5 Å². The molecule has 0 spiro atoms. The Kier molecular flexibility index (Phi) is 5.67. The van der Waals surface area contributed by atoms with E-state index in [4.69, 9.17) is 9.47 Å². The van der Waals surface area contributed by atoms with Crippen LogP contribution in [0.4, 0.5) is 10.6 Å². The molecule has 1 aromatic carbocycles. The number of amides is 2. The zero-order valence-electron chi connectivity index (χ0n) is 16.7. The highest BCUT2D eigenvalue weighted by molar-refractivity contribution is 5.90. The van der Waals surface area contributed by atoms with Gasteiger partial charge in [-0.2, -0.15) is 5.10 Å². The van der Waals surface area contributed by atoms with Gasteiger partial charge in [0.1, 0.15) is 17.9 Å². The number of benzene rings is 1. The lowest BCUT2D eigenvalue weighted by Crippen LogP contribution is -2.36. The number of urea groups is 1. The Bertz CT molecular complexity index is 1040. The van der Waals surface area contributed by atoms with E-state index in [1.165, 1.54) is 0 Å². The highest BCUT2D eigenvalue weighted by Gasteiger charge is 2.17. The van der Waals surface area contributed by atoms with Gasteiger partial charge in [0.05, 0.1) is 19.0 Å². The lowest BCUT2D eigenvalue weighted by atomic mass is 10.1. The number of fused-ring (bicyclic) bond motifs is 1. The molecular weight excluding hydrogens is 374 g/mol. The monoisotopic (exact) mass is 397 g/mol. The number of carbonyl (C=O) groups is 2. The minimum absolute atomic E-state index is 0.241. The largest absolute Gasteiger partial charge is 0.497 e. The van der Waals surface area contributed by atoms with Crippen molar-refractivity contribution in [2.24, 2.45) is 0 Å². The van der Waals surface area contributed by atoms with E-state index in [1.807, 2.05) is 30.3 Å². The van der Waals surface area contributed by atoms with E-state index in [-0.39, 0.29) is 6.54 Å². The Morgan fingerprint density at radius 1 is 1.17 bits per heavy atom. The van der Waals surface area contributed by atoms with Gasteiger partial charge in [0.15, 0.2) is 11.5 Å². The van der Waals surface area contributed by atoms with Crippen LogP contribution in [-0.2, 0) is 9.53 Å². The number of rotatable bonds is 5. The predicted molar refractivity (Wildman–Crippen MR) is 108 cm³/mol. The molecule has 0 atom stereocenters. The summed E-state index contributed by atoms with van der Waals surface area (Å²) in [4.78, 5) is 28.0. The molecule has 2 heterocycles. The van der Waals surface area contributed by atoms with Gasteiger partial charge < -0.3 is 14.8 Å². The number of methoxy groups -OCH3 is 1. The van der Waals surface area contributed by atoms with Crippen LogP contribution in [0.15, 0.2) is 42.6 Å². The zero-order chi connectivity index (χ0) is 21.0. The molecule has 0 aliphatic heterocycles. The van der Waals surface area contributed by atoms with Crippen molar-refractivity contribution >= 4 is 23.5 Å². The Labute approximate surface area is 168 Å². The third kappa shape index (κ3) is 5.44. The minimum Gasteiger partial charge on any atom is -0.497 e. The minimum atomic E-state index is -0.608. The summed E-state index contributed by atoms with van der Waals surface area (Å²) in [5.74, 6) is 0.522. The second kappa shape index (κ2) is 8.17. The number of carbonyl (C=O) groups excluding carboxylic acids is 2. The molecule has 0 fully saturated rings. The van der Waals surface area contributed by atoms with Gasteiger partial charge in [0, 0.05) is 5.56 Å². The van der Waals surface area contributed by atoms with Crippen molar-refractivity contribution in [1.82, 2.24) is 19.9 Å². The maximum Gasteiger partial charge on any atom is 0.325 e. The molecule has 0 aliphatic rings. The normalized spacial score (nSPS) is 11.2. The second-order valence-corrected chi connectivity index (χ2v) is 7.27. The molecule has 9 heteroatoms. The summed E-state index contributed by atoms with van der Waals surface area (Å²) < 4.78 is 11.9. The fourth-order valence-corrected chi connectivity index (χ4v) is 2.57. The van der Waals surface area contributed by atoms with Crippen LogP contribution in [0.3, 0.4) is 0 Å². The molecule has 152 valence electrons. The van der Waals surface area contributed by atoms with Crippen molar-refractivity contribution in [3.05, 3.63) is 42.6 Å². The first-order valence-electron chi connectivity index (χ1n) is 9.01. The summed E-state index contributed by atoms with van der Waals surface area (Å²) in [6.45, 7) is 5.03. The topological polar surface area (TPSA) is 107 Å². The van der Waals surface area contributed by atoms with E-state index in [0.717, 1.165) is 17.0 Å². The molecule has 3 aromatic rings. The molecule has 2 amide bonds. The SMILES string of the molecule is COc1cccc(-c2ccc3nc(NC(=O)NCC(=O)OC(C)(C)C)cn3n2)c1. The van der Waals surface area contributed by atoms with Gasteiger partial charge >= 0.3 is 12.0 Å². The standard InChI is InChI=1S/C20H23N5O4/c1-20(2,3)29-18(26)11-21-19(27)23-16-12-25-17(22-16)9-8-15(24-25)13-6-5-7-14(10-13)28-4/h5-10,12H,11H2,1-4H3,(H2,21,23,27). The molecule has 9 nitrogen and oxygen atoms in total. The smallest absolute Gasteiger partial charge is 0.325 e. The van der Waals surface area contributed by atoms with Crippen LogP contribution in [0.2, 0.25) is 0 Å². The molecule has 0 saturated carbocycles. The van der Waals surface area contributed by atoms with Crippen molar-refractivity contribution in [1.29, 1.82) is 0 Å². The van der Waals surface area contributed by atoms with Crippen molar-refractivity contribution in [3.8, 4) is 17.0 Å². The summed E-state index contributed by atoms with van der Waals surface area (Å²) in [7, 11) is 1.61. The molecule has 0 aliphatic carbocycles. The van der Waals surface area contributed by atoms with E-state index in [2.05, 4.69) is 20.7 Å². The Morgan fingerprint density at radius 2 is 1.97 bits per heavy atom. The van der Waals surface area contributed by atoms with Gasteiger partial charge in [-0.25, -0.2) is 14.3 Å². The summed E-state index contributed by atoms with van der Waals surface area (Å²) in [6.07, 6.45) is 1.59. The van der Waals surface area contributed by atoms with Crippen LogP contribution >= 0.6 is 0 Å². The number of hydrogen-bond acceptors (Lipinski definition) is 6. The summed E-state index contributed by atoms with van der Waals surface area (Å²) >= 11 is 0. The average molecular weight is 397 g/mol. The Hall–Kier alpha value is -3.62. The number of imidazole rings is 1. The third-order valence-electron chi connectivity index (χ3n) is 3.74. The summed E-state index contributed by atoms with van der Waals surface area (Å²) in [5.41, 5.74) is 1.58. The molecule has 29 heavy (non-hydrogen) atoms. The summed E-state index contributed by atoms with van der Waals surface area (Å²) in [5, 5.41) is 9.53. The third-order valence-corrected chi connectivity index (χ3v) is 3.74. The fourth-order valence-electron chi connectivity index (χ4n) is 2.57. The van der Waals surface area contributed by atoms with Gasteiger partial charge in [-0.1, -0.05) is 12.1 Å². The lowest BCUT2D eigenvalue weighted by molar-refractivity contribution is -0.153. The maximum absolute atomic E-state index is 12.0. The molecule has 0 saturated heterocycles. The van der Waals surface area contributed by atoms with Gasteiger partial charge in [-0.05, 0) is 45.0 Å². The van der Waals surface area contributed by atoms with Crippen molar-refractivity contribution in [2.75, 3.05) is 19.0 Å². The highest BCUT2D eigenvalue weighted by atomic mass is 16.6. The Morgan fingerprint density at radius 3 is 2.69 bits per heavy atom. The first-order valence-corrected chi connectivity index (χ1v) is 9.01. The average Bonchev–Trinajstić information content (AvgIpc) is 3.06. The molecule has 0 radical (unpaired) electrons. The van der Waals surface area contributed by atoms with Gasteiger partial charge in [-0.3, -0.25) is 10.1 Å². The molecule has 2 aromatic heterocycles. The van der Waals surface area contributed by atoms with Crippen molar-refractivity contribution in [3.63, 3.8) is 0 Å². The van der Waals surface area contributed by atoms with Gasteiger partial charge in [0.2, 0.25) is 0 Å². The van der Waals surface area contributed by atoms with Gasteiger partial charge in [0.25, 0.3) is 0 Å². The van der Waals surface area contributed by atoms with Crippen molar-refractivity contribution in [2.45, 2.75) is 26.4 Å². The highest BCUT2D eigenvalue weighted by Crippen LogP contribution is 2.22. The zero-order valence-corrected chi connectivity index (χ0v) is 16.7. The first-order chi connectivity index (χ1) is 13.7. The van der Waals surface area contributed by atoms with E-state index < -0.39 is 17.6 Å². The second-order valence-electron chi connectivity index (χ2n) is 7.27. The van der Waals surface area contributed by atoms with Crippen LogP contribution in [0.25, 0.3) is 16.9 Å². The Balaban J connectivity index is 1.67. The number of nitrogens with zero attached hydrogens (tertiary/aromatic N) is 3. The van der Waals surface area contributed by atoms with E-state index in [1.54, 1.807) is 44.7 Å². The lowest BCUT2D eigenvalue weighted by Gasteiger charge is -2.19. The summed E-state index contributed by atoms with van der Waals surface area (Å²) in [6, 6.07) is 10.6. The molecule has 0 bridgehead atoms. The quantitative estimate of drug-likeness (QED) is 0.641. The van der Waals surface area contributed by atoms with Crippen LogP contribution in [-0.4, -0.2) is 45.9 Å². The number of nitrogens with one attached hydrogen (secondary N) is 2. The molecule has 2 N–H and O–H groups in total.